The van der Waals surface area contributed by atoms with E-state index in [1.165, 1.54) is 0 Å². The molecule has 0 amide bonds. The summed E-state index contributed by atoms with van der Waals surface area (Å²) in [6, 6.07) is 11.9. The van der Waals surface area contributed by atoms with Gasteiger partial charge in [-0.1, -0.05) is 11.6 Å². The predicted molar refractivity (Wildman–Crippen MR) is 97.1 cm³/mol. The van der Waals surface area contributed by atoms with Gasteiger partial charge < -0.3 is 14.2 Å². The lowest BCUT2D eigenvalue weighted by Crippen LogP contribution is -2.33. The molecule has 26 heavy (non-hydrogen) atoms. The van der Waals surface area contributed by atoms with Gasteiger partial charge in [0.15, 0.2) is 12.2 Å². The predicted octanol–water partition coefficient (Wildman–Crippen LogP) is 3.86. The van der Waals surface area contributed by atoms with Gasteiger partial charge in [0.2, 0.25) is 5.78 Å². The molecule has 2 aromatic carbocycles. The number of ether oxygens (including phenoxy) is 3. The van der Waals surface area contributed by atoms with Gasteiger partial charge in [-0.25, -0.2) is 4.79 Å². The lowest BCUT2D eigenvalue weighted by Gasteiger charge is -2.15. The Morgan fingerprint density at radius 1 is 1.23 bits per heavy atom. The first-order valence-corrected chi connectivity index (χ1v) is 8.78. The molecule has 1 aliphatic rings. The summed E-state index contributed by atoms with van der Waals surface area (Å²) in [7, 11) is 0. The zero-order chi connectivity index (χ0) is 18.7. The third-order valence-corrected chi connectivity index (χ3v) is 4.31. The second-order valence-corrected chi connectivity index (χ2v) is 6.40. The Morgan fingerprint density at radius 2 is 1.96 bits per heavy atom. The van der Waals surface area contributed by atoms with E-state index in [0.29, 0.717) is 35.1 Å². The van der Waals surface area contributed by atoms with Crippen LogP contribution in [0, 0.1) is 0 Å². The van der Waals surface area contributed by atoms with Gasteiger partial charge in [-0.05, 0) is 61.9 Å². The van der Waals surface area contributed by atoms with Crippen molar-refractivity contribution in [3.63, 3.8) is 0 Å². The van der Waals surface area contributed by atoms with Crippen LogP contribution in [0.4, 0.5) is 0 Å². The second-order valence-electron chi connectivity index (χ2n) is 5.96. The Hall–Kier alpha value is -2.53. The summed E-state index contributed by atoms with van der Waals surface area (Å²) in [6.45, 7) is 3.99. The molecular formula is C20H19ClO5. The molecule has 0 aromatic heterocycles. The SMILES string of the molecule is CCOc1ccc(C(=O)[C@H](C)OC(=O)[C@H]2Cc3cc(Cl)ccc3O2)cc1. The van der Waals surface area contributed by atoms with Crippen LogP contribution in [0.2, 0.25) is 5.02 Å². The number of esters is 1. The van der Waals surface area contributed by atoms with Crippen molar-refractivity contribution in [2.75, 3.05) is 6.61 Å². The highest BCUT2D eigenvalue weighted by molar-refractivity contribution is 6.30. The summed E-state index contributed by atoms with van der Waals surface area (Å²) >= 11 is 5.95. The number of rotatable bonds is 6. The van der Waals surface area contributed by atoms with Gasteiger partial charge in [0, 0.05) is 17.0 Å². The number of halogens is 1. The highest BCUT2D eigenvalue weighted by Crippen LogP contribution is 2.31. The lowest BCUT2D eigenvalue weighted by atomic mass is 10.1. The van der Waals surface area contributed by atoms with Crippen molar-refractivity contribution in [3.8, 4) is 11.5 Å². The molecule has 0 N–H and O–H groups in total. The van der Waals surface area contributed by atoms with Crippen LogP contribution in [-0.4, -0.2) is 30.6 Å². The average molecular weight is 375 g/mol. The summed E-state index contributed by atoms with van der Waals surface area (Å²) in [5.41, 5.74) is 1.31. The van der Waals surface area contributed by atoms with Crippen LogP contribution in [-0.2, 0) is 16.0 Å². The Kier molecular flexibility index (Phi) is 5.47. The fraction of sp³-hybridized carbons (Fsp3) is 0.300. The molecule has 2 atom stereocenters. The molecule has 5 nitrogen and oxygen atoms in total. The fourth-order valence-electron chi connectivity index (χ4n) is 2.77. The largest absolute Gasteiger partial charge is 0.494 e. The molecule has 3 rings (SSSR count). The molecule has 0 aliphatic carbocycles. The van der Waals surface area contributed by atoms with Crippen LogP contribution < -0.4 is 9.47 Å². The molecule has 0 radical (unpaired) electrons. The van der Waals surface area contributed by atoms with Crippen LogP contribution in [0.25, 0.3) is 0 Å². The van der Waals surface area contributed by atoms with Gasteiger partial charge in [-0.3, -0.25) is 4.79 Å². The van der Waals surface area contributed by atoms with Crippen LogP contribution in [0.5, 0.6) is 11.5 Å². The number of carbonyl (C=O) groups is 2. The molecule has 6 heteroatoms. The smallest absolute Gasteiger partial charge is 0.348 e. The standard InChI is InChI=1S/C20H19ClO5/c1-3-24-16-7-4-13(5-8-16)19(22)12(2)25-20(23)18-11-14-10-15(21)6-9-17(14)26-18/h4-10,12,18H,3,11H2,1-2H3/t12-,18+/m0/s1. The fourth-order valence-corrected chi connectivity index (χ4v) is 2.96. The number of fused-ring (bicyclic) bond motifs is 1. The van der Waals surface area contributed by atoms with E-state index in [9.17, 15) is 9.59 Å². The quantitative estimate of drug-likeness (QED) is 0.567. The summed E-state index contributed by atoms with van der Waals surface area (Å²) in [5.74, 6) is 0.454. The van der Waals surface area contributed by atoms with E-state index in [4.69, 9.17) is 25.8 Å². The van der Waals surface area contributed by atoms with Crippen LogP contribution in [0.15, 0.2) is 42.5 Å². The Balaban J connectivity index is 1.60. The maximum atomic E-state index is 12.5. The van der Waals surface area contributed by atoms with E-state index in [2.05, 4.69) is 0 Å². The zero-order valence-electron chi connectivity index (χ0n) is 14.5. The van der Waals surface area contributed by atoms with Crippen molar-refractivity contribution >= 4 is 23.4 Å². The summed E-state index contributed by atoms with van der Waals surface area (Å²) in [6.07, 6.45) is -1.30. The summed E-state index contributed by atoms with van der Waals surface area (Å²) in [4.78, 5) is 24.8. The molecule has 0 saturated heterocycles. The number of benzene rings is 2. The molecular weight excluding hydrogens is 356 g/mol. The average Bonchev–Trinajstić information content (AvgIpc) is 3.05. The van der Waals surface area contributed by atoms with Crippen molar-refractivity contribution in [3.05, 3.63) is 58.6 Å². The van der Waals surface area contributed by atoms with E-state index in [1.54, 1.807) is 49.4 Å². The first kappa shape index (κ1) is 18.3. The van der Waals surface area contributed by atoms with Crippen LogP contribution in [0.3, 0.4) is 0 Å². The summed E-state index contributed by atoms with van der Waals surface area (Å²) in [5, 5.41) is 0.584. The maximum absolute atomic E-state index is 12.5. The van der Waals surface area contributed by atoms with Crippen LogP contribution in [0.1, 0.15) is 29.8 Å². The van der Waals surface area contributed by atoms with Crippen molar-refractivity contribution in [1.82, 2.24) is 0 Å². The normalized spacial score (nSPS) is 16.3. The molecule has 0 saturated carbocycles. The van der Waals surface area contributed by atoms with Crippen molar-refractivity contribution in [2.45, 2.75) is 32.5 Å². The molecule has 0 unspecified atom stereocenters. The highest BCUT2D eigenvalue weighted by Gasteiger charge is 2.32. The van der Waals surface area contributed by atoms with E-state index < -0.39 is 18.2 Å². The summed E-state index contributed by atoms with van der Waals surface area (Å²) < 4.78 is 16.3. The van der Waals surface area contributed by atoms with Crippen molar-refractivity contribution < 1.29 is 23.8 Å². The first-order chi connectivity index (χ1) is 12.5. The molecule has 2 aromatic rings. The number of hydrogen-bond acceptors (Lipinski definition) is 5. The maximum Gasteiger partial charge on any atom is 0.348 e. The lowest BCUT2D eigenvalue weighted by molar-refractivity contribution is -0.153. The topological polar surface area (TPSA) is 61.8 Å². The third-order valence-electron chi connectivity index (χ3n) is 4.07. The monoisotopic (exact) mass is 374 g/mol. The minimum atomic E-state index is -0.906. The van der Waals surface area contributed by atoms with Gasteiger partial charge in [-0.2, -0.15) is 0 Å². The van der Waals surface area contributed by atoms with E-state index in [-0.39, 0.29) is 5.78 Å². The van der Waals surface area contributed by atoms with E-state index in [0.717, 1.165) is 5.56 Å². The van der Waals surface area contributed by atoms with Gasteiger partial charge in [-0.15, -0.1) is 0 Å². The van der Waals surface area contributed by atoms with Crippen molar-refractivity contribution in [1.29, 1.82) is 0 Å². The van der Waals surface area contributed by atoms with Crippen molar-refractivity contribution in [2.24, 2.45) is 0 Å². The van der Waals surface area contributed by atoms with Gasteiger partial charge in [0.25, 0.3) is 0 Å². The molecule has 1 heterocycles. The highest BCUT2D eigenvalue weighted by atomic mass is 35.5. The first-order valence-electron chi connectivity index (χ1n) is 8.40. The molecule has 1 aliphatic heterocycles. The number of ketones is 1. The molecule has 0 fully saturated rings. The number of hydrogen-bond donors (Lipinski definition) is 0. The molecule has 0 bridgehead atoms. The molecule has 136 valence electrons. The zero-order valence-corrected chi connectivity index (χ0v) is 15.3. The van der Waals surface area contributed by atoms with E-state index in [1.807, 2.05) is 6.92 Å². The minimum Gasteiger partial charge on any atom is -0.494 e. The second kappa shape index (κ2) is 7.79. The Bertz CT molecular complexity index is 815. The van der Waals surface area contributed by atoms with E-state index >= 15 is 0 Å². The number of carbonyl (C=O) groups excluding carboxylic acids is 2. The van der Waals surface area contributed by atoms with Gasteiger partial charge in [0.05, 0.1) is 6.61 Å². The molecule has 0 spiro atoms. The Labute approximate surface area is 156 Å². The van der Waals surface area contributed by atoms with Gasteiger partial charge in [0.1, 0.15) is 11.5 Å². The van der Waals surface area contributed by atoms with Crippen LogP contribution >= 0.6 is 11.6 Å². The minimum absolute atomic E-state index is 0.278. The van der Waals surface area contributed by atoms with Gasteiger partial charge >= 0.3 is 5.97 Å². The third kappa shape index (κ3) is 3.99. The number of Topliss-reactive ketones (excluding diaryl/α,β-unsaturated/α-hetero) is 1. The Morgan fingerprint density at radius 3 is 2.65 bits per heavy atom.